The van der Waals surface area contributed by atoms with Crippen LogP contribution in [0.4, 0.5) is 0 Å². The fourth-order valence-electron chi connectivity index (χ4n) is 3.50. The number of rotatable bonds is 11. The topological polar surface area (TPSA) is 92.3 Å². The van der Waals surface area contributed by atoms with Gasteiger partial charge in [0.05, 0.1) is 12.2 Å². The molecule has 2 aromatic rings. The molecule has 166 valence electrons. The number of unbranched alkanes of at least 4 members (excludes halogenated alkanes) is 4. The predicted octanol–water partition coefficient (Wildman–Crippen LogP) is 4.97. The van der Waals surface area contributed by atoms with Gasteiger partial charge in [0.1, 0.15) is 17.4 Å². The van der Waals surface area contributed by atoms with Gasteiger partial charge < -0.3 is 9.84 Å². The van der Waals surface area contributed by atoms with E-state index in [1.165, 1.54) is 26.2 Å². The van der Waals surface area contributed by atoms with Gasteiger partial charge in [0.2, 0.25) is 5.88 Å². The molecule has 0 radical (unpaired) electrons. The third-order valence-electron chi connectivity index (χ3n) is 5.21. The van der Waals surface area contributed by atoms with E-state index in [1.54, 1.807) is 24.3 Å². The Morgan fingerprint density at radius 2 is 1.81 bits per heavy atom. The molecule has 0 aliphatic rings. The molecule has 2 rings (SSSR count). The Morgan fingerprint density at radius 1 is 1.16 bits per heavy atom. The average molecular weight is 425 g/mol. The minimum Gasteiger partial charge on any atom is -0.494 e. The number of ether oxygens (including phenoxy) is 1. The lowest BCUT2D eigenvalue weighted by molar-refractivity contribution is 0.103. The molecule has 0 spiro atoms. The standard InChI is InChI=1S/C25H32N2O4/c1-5-6-7-8-9-14-31-20-12-10-19(11-13-20)23(28)22-18(4)21(15-26)24(29)27(25(22)30)16-17(2)3/h10-13,17,30H,5-9,14,16H2,1-4H3. The van der Waals surface area contributed by atoms with Gasteiger partial charge in [-0.1, -0.05) is 46.5 Å². The van der Waals surface area contributed by atoms with Crippen LogP contribution in [0.1, 0.15) is 79.9 Å². The van der Waals surface area contributed by atoms with E-state index in [0.717, 1.165) is 17.4 Å². The lowest BCUT2D eigenvalue weighted by Gasteiger charge is -2.17. The van der Waals surface area contributed by atoms with Gasteiger partial charge in [-0.3, -0.25) is 14.2 Å². The number of aromatic hydroxyl groups is 1. The minimum atomic E-state index is -0.578. The second-order valence-corrected chi connectivity index (χ2v) is 8.24. The van der Waals surface area contributed by atoms with E-state index in [1.807, 2.05) is 19.9 Å². The van der Waals surface area contributed by atoms with Crippen LogP contribution in [0.2, 0.25) is 0 Å². The molecular weight excluding hydrogens is 392 g/mol. The molecule has 0 saturated heterocycles. The first kappa shape index (κ1) is 24.2. The summed E-state index contributed by atoms with van der Waals surface area (Å²) in [5.41, 5.74) is -0.161. The van der Waals surface area contributed by atoms with Crippen molar-refractivity contribution < 1.29 is 14.6 Å². The van der Waals surface area contributed by atoms with E-state index in [-0.39, 0.29) is 29.2 Å². The average Bonchev–Trinajstić information content (AvgIpc) is 2.74. The molecule has 0 unspecified atom stereocenters. The number of hydrogen-bond acceptors (Lipinski definition) is 5. The highest BCUT2D eigenvalue weighted by atomic mass is 16.5. The van der Waals surface area contributed by atoms with Gasteiger partial charge in [0.15, 0.2) is 5.78 Å². The van der Waals surface area contributed by atoms with Gasteiger partial charge in [0.25, 0.3) is 5.56 Å². The lowest BCUT2D eigenvalue weighted by Crippen LogP contribution is -2.28. The number of carbonyl (C=O) groups excluding carboxylic acids is 1. The van der Waals surface area contributed by atoms with Crippen LogP contribution in [0.3, 0.4) is 0 Å². The molecule has 0 atom stereocenters. The Morgan fingerprint density at radius 3 is 2.39 bits per heavy atom. The Kier molecular flexibility index (Phi) is 8.87. The van der Waals surface area contributed by atoms with Crippen LogP contribution in [0, 0.1) is 24.2 Å². The summed E-state index contributed by atoms with van der Waals surface area (Å²) in [6.45, 7) is 8.32. The van der Waals surface area contributed by atoms with Crippen LogP contribution in [-0.2, 0) is 6.54 Å². The van der Waals surface area contributed by atoms with Gasteiger partial charge in [-0.25, -0.2) is 0 Å². The lowest BCUT2D eigenvalue weighted by atomic mass is 9.97. The number of nitrogens with zero attached hydrogens (tertiary/aromatic N) is 2. The third-order valence-corrected chi connectivity index (χ3v) is 5.21. The van der Waals surface area contributed by atoms with E-state index >= 15 is 0 Å². The first-order valence-corrected chi connectivity index (χ1v) is 11.0. The molecule has 0 aliphatic carbocycles. The van der Waals surface area contributed by atoms with E-state index in [0.29, 0.717) is 17.9 Å². The smallest absolute Gasteiger partial charge is 0.271 e. The van der Waals surface area contributed by atoms with Crippen molar-refractivity contribution in [3.8, 4) is 17.7 Å². The van der Waals surface area contributed by atoms with Crippen molar-refractivity contribution in [3.05, 3.63) is 56.9 Å². The molecule has 31 heavy (non-hydrogen) atoms. The fourth-order valence-corrected chi connectivity index (χ4v) is 3.50. The molecule has 6 nitrogen and oxygen atoms in total. The molecule has 1 aromatic carbocycles. The fraction of sp³-hybridized carbons (Fsp3) is 0.480. The van der Waals surface area contributed by atoms with Crippen molar-refractivity contribution in [2.24, 2.45) is 5.92 Å². The maximum Gasteiger partial charge on any atom is 0.271 e. The largest absolute Gasteiger partial charge is 0.494 e. The van der Waals surface area contributed by atoms with E-state index in [2.05, 4.69) is 6.92 Å². The van der Waals surface area contributed by atoms with Gasteiger partial charge in [-0.05, 0) is 49.1 Å². The molecule has 0 aliphatic heterocycles. The second kappa shape index (κ2) is 11.4. The molecule has 1 heterocycles. The zero-order valence-corrected chi connectivity index (χ0v) is 18.9. The Balaban J connectivity index is 2.25. The summed E-state index contributed by atoms with van der Waals surface area (Å²) < 4.78 is 6.85. The minimum absolute atomic E-state index is 0.0126. The molecule has 0 bridgehead atoms. The highest BCUT2D eigenvalue weighted by molar-refractivity contribution is 6.11. The number of ketones is 1. The Hall–Kier alpha value is -3.07. The third kappa shape index (κ3) is 5.97. The molecule has 0 amide bonds. The summed E-state index contributed by atoms with van der Waals surface area (Å²) in [6, 6.07) is 8.60. The van der Waals surface area contributed by atoms with Crippen molar-refractivity contribution in [3.63, 3.8) is 0 Å². The summed E-state index contributed by atoms with van der Waals surface area (Å²) in [5.74, 6) is -0.0996. The SMILES string of the molecule is CCCCCCCOc1ccc(C(=O)c2c(C)c(C#N)c(=O)n(CC(C)C)c2O)cc1. The second-order valence-electron chi connectivity index (χ2n) is 8.24. The maximum absolute atomic E-state index is 13.2. The van der Waals surface area contributed by atoms with Gasteiger partial charge in [-0.15, -0.1) is 0 Å². The predicted molar refractivity (Wildman–Crippen MR) is 121 cm³/mol. The molecular formula is C25H32N2O4. The quantitative estimate of drug-likeness (QED) is 0.406. The number of benzene rings is 1. The van der Waals surface area contributed by atoms with Crippen LogP contribution in [0.5, 0.6) is 11.6 Å². The number of hydrogen-bond donors (Lipinski definition) is 1. The van der Waals surface area contributed by atoms with Crippen LogP contribution >= 0.6 is 0 Å². The summed E-state index contributed by atoms with van der Waals surface area (Å²) in [7, 11) is 0. The van der Waals surface area contributed by atoms with Crippen LogP contribution < -0.4 is 10.3 Å². The van der Waals surface area contributed by atoms with Gasteiger partial charge in [0, 0.05) is 12.1 Å². The van der Waals surface area contributed by atoms with E-state index in [4.69, 9.17) is 4.74 Å². The van der Waals surface area contributed by atoms with E-state index in [9.17, 15) is 20.0 Å². The molecule has 6 heteroatoms. The summed E-state index contributed by atoms with van der Waals surface area (Å²) in [4.78, 5) is 25.7. The molecule has 1 N–H and O–H groups in total. The number of nitriles is 1. The Bertz CT molecular complexity index is 998. The highest BCUT2D eigenvalue weighted by Crippen LogP contribution is 2.26. The summed E-state index contributed by atoms with van der Waals surface area (Å²) in [5, 5.41) is 20.2. The monoisotopic (exact) mass is 424 g/mol. The molecule has 0 fully saturated rings. The maximum atomic E-state index is 13.2. The zero-order valence-electron chi connectivity index (χ0n) is 18.9. The number of carbonyl (C=O) groups is 1. The summed E-state index contributed by atoms with van der Waals surface area (Å²) in [6.07, 6.45) is 5.77. The van der Waals surface area contributed by atoms with Gasteiger partial charge in [-0.2, -0.15) is 5.26 Å². The van der Waals surface area contributed by atoms with Crippen molar-refractivity contribution in [2.75, 3.05) is 6.61 Å². The van der Waals surface area contributed by atoms with Crippen molar-refractivity contribution in [1.29, 1.82) is 5.26 Å². The molecule has 0 saturated carbocycles. The van der Waals surface area contributed by atoms with Crippen molar-refractivity contribution >= 4 is 5.78 Å². The van der Waals surface area contributed by atoms with Crippen LogP contribution in [0.15, 0.2) is 29.1 Å². The van der Waals surface area contributed by atoms with Crippen molar-refractivity contribution in [1.82, 2.24) is 4.57 Å². The number of aromatic nitrogens is 1. The number of pyridine rings is 1. The first-order chi connectivity index (χ1) is 14.8. The van der Waals surface area contributed by atoms with E-state index < -0.39 is 17.2 Å². The van der Waals surface area contributed by atoms with Crippen LogP contribution in [-0.4, -0.2) is 22.1 Å². The highest BCUT2D eigenvalue weighted by Gasteiger charge is 2.25. The Labute approximate surface area is 184 Å². The summed E-state index contributed by atoms with van der Waals surface area (Å²) >= 11 is 0. The van der Waals surface area contributed by atoms with Crippen LogP contribution in [0.25, 0.3) is 0 Å². The zero-order chi connectivity index (χ0) is 23.0. The van der Waals surface area contributed by atoms with Crippen molar-refractivity contribution in [2.45, 2.75) is 66.3 Å². The van der Waals surface area contributed by atoms with Gasteiger partial charge >= 0.3 is 0 Å². The normalized spacial score (nSPS) is 10.8. The molecule has 1 aromatic heterocycles. The first-order valence-electron chi connectivity index (χ1n) is 11.0.